The zero-order valence-corrected chi connectivity index (χ0v) is 14.0. The van der Waals surface area contributed by atoms with E-state index in [2.05, 4.69) is 13.9 Å². The molecule has 0 spiro atoms. The molecule has 3 heterocycles. The largest absolute Gasteiger partial charge is 0.361 e. The molecule has 0 aliphatic carbocycles. The molecule has 0 saturated carbocycles. The number of aryl methyl sites for hydroxylation is 1. The number of hydrogen-bond acceptors (Lipinski definition) is 7. The molecular formula is C14H14N4O3S2. The minimum Gasteiger partial charge on any atom is -0.361 e. The van der Waals surface area contributed by atoms with E-state index in [1.54, 1.807) is 31.2 Å². The molecule has 0 radical (unpaired) electrons. The van der Waals surface area contributed by atoms with E-state index in [1.165, 1.54) is 4.31 Å². The highest BCUT2D eigenvalue weighted by Crippen LogP contribution is 2.37. The Bertz CT molecular complexity index is 963. The fourth-order valence-electron chi connectivity index (χ4n) is 2.98. The Kier molecular flexibility index (Phi) is 3.43. The van der Waals surface area contributed by atoms with Gasteiger partial charge in [-0.05, 0) is 31.9 Å². The van der Waals surface area contributed by atoms with Gasteiger partial charge in [0.15, 0.2) is 0 Å². The van der Waals surface area contributed by atoms with Gasteiger partial charge in [-0.15, -0.1) is 0 Å². The molecule has 120 valence electrons. The van der Waals surface area contributed by atoms with Crippen LogP contribution in [0, 0.1) is 6.92 Å². The molecule has 23 heavy (non-hydrogen) atoms. The van der Waals surface area contributed by atoms with Crippen molar-refractivity contribution in [2.45, 2.75) is 30.7 Å². The molecule has 0 unspecified atom stereocenters. The van der Waals surface area contributed by atoms with Gasteiger partial charge >= 0.3 is 0 Å². The van der Waals surface area contributed by atoms with Crippen molar-refractivity contribution in [3.05, 3.63) is 35.7 Å². The Morgan fingerprint density at radius 3 is 3.00 bits per heavy atom. The van der Waals surface area contributed by atoms with Gasteiger partial charge in [0.2, 0.25) is 10.0 Å². The molecular weight excluding hydrogens is 336 g/mol. The van der Waals surface area contributed by atoms with Crippen molar-refractivity contribution >= 4 is 32.8 Å². The number of rotatable bonds is 3. The SMILES string of the molecule is Cc1cc([C@H]2CCCN2S(=O)(=O)c2cccc3nsnc23)no1. The monoisotopic (exact) mass is 350 g/mol. The van der Waals surface area contributed by atoms with Crippen molar-refractivity contribution in [3.63, 3.8) is 0 Å². The third kappa shape index (κ3) is 2.35. The van der Waals surface area contributed by atoms with Crippen LogP contribution in [0.1, 0.15) is 30.3 Å². The summed E-state index contributed by atoms with van der Waals surface area (Å²) in [4.78, 5) is 0.205. The van der Waals surface area contributed by atoms with E-state index in [1.807, 2.05) is 0 Å². The lowest BCUT2D eigenvalue weighted by molar-refractivity contribution is 0.349. The molecule has 0 bridgehead atoms. The number of benzene rings is 1. The predicted molar refractivity (Wildman–Crippen MR) is 84.5 cm³/mol. The van der Waals surface area contributed by atoms with Gasteiger partial charge in [0, 0.05) is 12.6 Å². The van der Waals surface area contributed by atoms with Crippen LogP contribution in [-0.4, -0.2) is 33.2 Å². The summed E-state index contributed by atoms with van der Waals surface area (Å²) in [7, 11) is -3.67. The van der Waals surface area contributed by atoms with Gasteiger partial charge < -0.3 is 4.52 Å². The first-order valence-electron chi connectivity index (χ1n) is 7.24. The highest BCUT2D eigenvalue weighted by molar-refractivity contribution is 7.89. The van der Waals surface area contributed by atoms with Crippen LogP contribution < -0.4 is 0 Å². The first-order valence-corrected chi connectivity index (χ1v) is 9.41. The van der Waals surface area contributed by atoms with Crippen LogP contribution in [0.5, 0.6) is 0 Å². The van der Waals surface area contributed by atoms with E-state index in [-0.39, 0.29) is 10.9 Å². The third-order valence-corrected chi connectivity index (χ3v) is 6.51. The maximum atomic E-state index is 13.1. The number of hydrogen-bond donors (Lipinski definition) is 0. The van der Waals surface area contributed by atoms with Crippen molar-refractivity contribution in [2.75, 3.05) is 6.54 Å². The van der Waals surface area contributed by atoms with E-state index in [0.29, 0.717) is 29.0 Å². The van der Waals surface area contributed by atoms with Crippen molar-refractivity contribution in [3.8, 4) is 0 Å². The molecule has 7 nitrogen and oxygen atoms in total. The van der Waals surface area contributed by atoms with Gasteiger partial charge in [0.05, 0.1) is 17.8 Å². The molecule has 3 aromatic rings. The van der Waals surface area contributed by atoms with E-state index in [4.69, 9.17) is 4.52 Å². The molecule has 1 saturated heterocycles. The summed E-state index contributed by atoms with van der Waals surface area (Å²) in [5.41, 5.74) is 1.69. The second kappa shape index (κ2) is 5.36. The van der Waals surface area contributed by atoms with Crippen LogP contribution >= 0.6 is 11.7 Å². The second-order valence-corrected chi connectivity index (χ2v) is 7.91. The van der Waals surface area contributed by atoms with Gasteiger partial charge in [0.25, 0.3) is 0 Å². The topological polar surface area (TPSA) is 89.2 Å². The summed E-state index contributed by atoms with van der Waals surface area (Å²) >= 11 is 1.02. The van der Waals surface area contributed by atoms with Crippen LogP contribution in [0.15, 0.2) is 33.7 Å². The smallest absolute Gasteiger partial charge is 0.245 e. The maximum Gasteiger partial charge on any atom is 0.245 e. The van der Waals surface area contributed by atoms with Crippen LogP contribution in [0.25, 0.3) is 11.0 Å². The molecule has 9 heteroatoms. The fraction of sp³-hybridized carbons (Fsp3) is 0.357. The Labute approximate surface area is 137 Å². The van der Waals surface area contributed by atoms with E-state index >= 15 is 0 Å². The normalized spacial score (nSPS) is 19.6. The Hall–Kier alpha value is -1.84. The lowest BCUT2D eigenvalue weighted by atomic mass is 10.1. The highest BCUT2D eigenvalue weighted by atomic mass is 32.2. The summed E-state index contributed by atoms with van der Waals surface area (Å²) in [5, 5.41) is 4.00. The molecule has 0 N–H and O–H groups in total. The Morgan fingerprint density at radius 2 is 2.22 bits per heavy atom. The van der Waals surface area contributed by atoms with Gasteiger partial charge in [-0.2, -0.15) is 13.1 Å². The molecule has 1 aliphatic rings. The molecule has 1 atom stereocenters. The number of aromatic nitrogens is 3. The zero-order chi connectivity index (χ0) is 16.0. The van der Waals surface area contributed by atoms with Crippen molar-refractivity contribution in [1.82, 2.24) is 18.2 Å². The average molecular weight is 350 g/mol. The zero-order valence-electron chi connectivity index (χ0n) is 12.3. The van der Waals surface area contributed by atoms with Crippen LogP contribution in [-0.2, 0) is 10.0 Å². The minimum absolute atomic E-state index is 0.205. The lowest BCUT2D eigenvalue weighted by Gasteiger charge is -2.22. The second-order valence-electron chi connectivity index (χ2n) is 5.52. The predicted octanol–water partition coefficient (Wildman–Crippen LogP) is 2.51. The minimum atomic E-state index is -3.67. The Morgan fingerprint density at radius 1 is 1.35 bits per heavy atom. The summed E-state index contributed by atoms with van der Waals surface area (Å²) in [5.74, 6) is 0.676. The number of fused-ring (bicyclic) bond motifs is 1. The van der Waals surface area contributed by atoms with Gasteiger partial charge in [-0.3, -0.25) is 0 Å². The van der Waals surface area contributed by atoms with Crippen LogP contribution in [0.3, 0.4) is 0 Å². The van der Waals surface area contributed by atoms with Gasteiger partial charge in [0.1, 0.15) is 27.4 Å². The van der Waals surface area contributed by atoms with Crippen LogP contribution in [0.4, 0.5) is 0 Å². The summed E-state index contributed by atoms with van der Waals surface area (Å²) in [6, 6.07) is 6.55. The Balaban J connectivity index is 1.80. The first kappa shape index (κ1) is 14.7. The summed E-state index contributed by atoms with van der Waals surface area (Å²) < 4.78 is 41.2. The molecule has 1 fully saturated rings. The lowest BCUT2D eigenvalue weighted by Crippen LogP contribution is -2.31. The van der Waals surface area contributed by atoms with Crippen molar-refractivity contribution < 1.29 is 12.9 Å². The molecule has 2 aromatic heterocycles. The quantitative estimate of drug-likeness (QED) is 0.721. The maximum absolute atomic E-state index is 13.1. The highest BCUT2D eigenvalue weighted by Gasteiger charge is 2.38. The van der Waals surface area contributed by atoms with Crippen molar-refractivity contribution in [1.29, 1.82) is 0 Å². The molecule has 1 aromatic carbocycles. The van der Waals surface area contributed by atoms with Crippen LogP contribution in [0.2, 0.25) is 0 Å². The average Bonchev–Trinajstić information content (AvgIpc) is 3.25. The summed E-state index contributed by atoms with van der Waals surface area (Å²) in [6.45, 7) is 2.26. The van der Waals surface area contributed by atoms with Gasteiger partial charge in [-0.25, -0.2) is 8.42 Å². The standard InChI is InChI=1S/C14H14N4O3S2/c1-9-8-11(15-21-9)12-5-3-7-18(12)23(19,20)13-6-2-4-10-14(13)17-22-16-10/h2,4,6,8,12H,3,5,7H2,1H3/t12-/m1/s1. The van der Waals surface area contributed by atoms with E-state index < -0.39 is 10.0 Å². The van der Waals surface area contributed by atoms with Gasteiger partial charge in [-0.1, -0.05) is 11.2 Å². The first-order chi connectivity index (χ1) is 11.1. The molecule has 4 rings (SSSR count). The van der Waals surface area contributed by atoms with E-state index in [0.717, 1.165) is 24.6 Å². The van der Waals surface area contributed by atoms with Crippen molar-refractivity contribution in [2.24, 2.45) is 0 Å². The fourth-order valence-corrected chi connectivity index (χ4v) is 5.41. The third-order valence-electron chi connectivity index (χ3n) is 4.03. The number of sulfonamides is 1. The molecule has 1 aliphatic heterocycles. The molecule has 0 amide bonds. The number of nitrogens with zero attached hydrogens (tertiary/aromatic N) is 4. The summed E-state index contributed by atoms with van der Waals surface area (Å²) in [6.07, 6.45) is 1.53. The van der Waals surface area contributed by atoms with E-state index in [9.17, 15) is 8.42 Å².